The van der Waals surface area contributed by atoms with Crippen molar-refractivity contribution in [2.45, 2.75) is 18.8 Å². The van der Waals surface area contributed by atoms with Gasteiger partial charge in [-0.1, -0.05) is 12.1 Å². The van der Waals surface area contributed by atoms with Crippen LogP contribution < -0.4 is 15.4 Å². The third-order valence-corrected chi connectivity index (χ3v) is 5.48. The Bertz CT molecular complexity index is 910. The summed E-state index contributed by atoms with van der Waals surface area (Å²) in [6.07, 6.45) is 3.13. The predicted molar refractivity (Wildman–Crippen MR) is 106 cm³/mol. The Labute approximate surface area is 168 Å². The molecular formula is C20H23N5O4. The van der Waals surface area contributed by atoms with Crippen molar-refractivity contribution in [3.63, 3.8) is 0 Å². The van der Waals surface area contributed by atoms with Crippen LogP contribution in [0.5, 0.6) is 5.88 Å². The standard InChI is InChI=1S/C20H23N5O4/c21-18-17-19(23-12-22-18)29-10-9-25(20(17)28)15-3-1-13(2-4-15)14-5-7-24(8-6-14)11-16(26)27/h1-4,12,14H,5-11H2,(H,26,27)(H2,21,22,23). The number of nitrogens with two attached hydrogens (primary N) is 1. The van der Waals surface area contributed by atoms with Gasteiger partial charge in [-0.05, 0) is 49.5 Å². The van der Waals surface area contributed by atoms with Crippen molar-refractivity contribution in [3.8, 4) is 5.88 Å². The predicted octanol–water partition coefficient (Wildman–Crippen LogP) is 1.36. The normalized spacial score (nSPS) is 18.1. The summed E-state index contributed by atoms with van der Waals surface area (Å²) in [6.45, 7) is 2.35. The van der Waals surface area contributed by atoms with Gasteiger partial charge in [-0.15, -0.1) is 0 Å². The number of ether oxygens (including phenoxy) is 1. The molecule has 0 unspecified atom stereocenters. The Morgan fingerprint density at radius 3 is 2.59 bits per heavy atom. The molecule has 0 radical (unpaired) electrons. The third-order valence-electron chi connectivity index (χ3n) is 5.48. The van der Waals surface area contributed by atoms with E-state index >= 15 is 0 Å². The number of anilines is 2. The van der Waals surface area contributed by atoms with E-state index < -0.39 is 5.97 Å². The number of nitrogen functional groups attached to an aromatic ring is 1. The molecule has 2 aliphatic rings. The van der Waals surface area contributed by atoms with Crippen molar-refractivity contribution in [2.75, 3.05) is 43.4 Å². The van der Waals surface area contributed by atoms with Crippen molar-refractivity contribution >= 4 is 23.4 Å². The van der Waals surface area contributed by atoms with Crippen molar-refractivity contribution < 1.29 is 19.4 Å². The number of fused-ring (bicyclic) bond motifs is 1. The number of piperidine rings is 1. The molecule has 1 fully saturated rings. The Kier molecular flexibility index (Phi) is 5.30. The number of rotatable bonds is 4. The first-order valence-corrected chi connectivity index (χ1v) is 9.62. The number of aromatic nitrogens is 2. The van der Waals surface area contributed by atoms with Crippen LogP contribution in [0.25, 0.3) is 0 Å². The van der Waals surface area contributed by atoms with E-state index in [4.69, 9.17) is 15.6 Å². The van der Waals surface area contributed by atoms with Gasteiger partial charge in [0.2, 0.25) is 5.88 Å². The summed E-state index contributed by atoms with van der Waals surface area (Å²) in [4.78, 5) is 35.4. The van der Waals surface area contributed by atoms with Crippen molar-refractivity contribution in [2.24, 2.45) is 0 Å². The number of hydrogen-bond donors (Lipinski definition) is 2. The molecule has 1 aromatic heterocycles. The van der Waals surface area contributed by atoms with Crippen molar-refractivity contribution in [1.29, 1.82) is 0 Å². The van der Waals surface area contributed by atoms with E-state index in [2.05, 4.69) is 9.97 Å². The first-order chi connectivity index (χ1) is 14.0. The van der Waals surface area contributed by atoms with Crippen LogP contribution in [0.3, 0.4) is 0 Å². The van der Waals surface area contributed by atoms with E-state index in [9.17, 15) is 9.59 Å². The summed E-state index contributed by atoms with van der Waals surface area (Å²) in [5, 5.41) is 8.92. The van der Waals surface area contributed by atoms with Gasteiger partial charge in [0.25, 0.3) is 5.91 Å². The molecule has 2 aromatic rings. The lowest BCUT2D eigenvalue weighted by atomic mass is 9.89. The largest absolute Gasteiger partial charge is 0.480 e. The van der Waals surface area contributed by atoms with Crippen LogP contribution in [0.1, 0.15) is 34.7 Å². The Hall–Kier alpha value is -3.20. The first kappa shape index (κ1) is 19.1. The van der Waals surface area contributed by atoms with Crippen LogP contribution in [-0.2, 0) is 4.79 Å². The molecule has 152 valence electrons. The topological polar surface area (TPSA) is 122 Å². The third kappa shape index (κ3) is 4.00. The molecule has 29 heavy (non-hydrogen) atoms. The average molecular weight is 397 g/mol. The van der Waals surface area contributed by atoms with E-state index in [1.165, 1.54) is 11.9 Å². The number of hydrogen-bond acceptors (Lipinski definition) is 7. The highest BCUT2D eigenvalue weighted by atomic mass is 16.5. The number of carboxylic acids is 1. The Morgan fingerprint density at radius 1 is 1.17 bits per heavy atom. The minimum absolute atomic E-state index is 0.0963. The lowest BCUT2D eigenvalue weighted by molar-refractivity contribution is -0.138. The summed E-state index contributed by atoms with van der Waals surface area (Å²) >= 11 is 0. The zero-order chi connectivity index (χ0) is 20.4. The Morgan fingerprint density at radius 2 is 1.90 bits per heavy atom. The number of carboxylic acid groups (broad SMARTS) is 1. The maximum absolute atomic E-state index is 13.0. The number of nitrogens with zero attached hydrogens (tertiary/aromatic N) is 4. The first-order valence-electron chi connectivity index (χ1n) is 9.62. The van der Waals surface area contributed by atoms with Crippen molar-refractivity contribution in [1.82, 2.24) is 14.9 Å². The monoisotopic (exact) mass is 397 g/mol. The number of amides is 1. The fraction of sp³-hybridized carbons (Fsp3) is 0.400. The number of aliphatic carboxylic acids is 1. The van der Waals surface area contributed by atoms with Gasteiger partial charge in [0.15, 0.2) is 0 Å². The van der Waals surface area contributed by atoms with E-state index in [1.54, 1.807) is 4.90 Å². The second-order valence-corrected chi connectivity index (χ2v) is 7.28. The molecule has 0 saturated carbocycles. The lowest BCUT2D eigenvalue weighted by Gasteiger charge is -2.31. The van der Waals surface area contributed by atoms with Gasteiger partial charge in [-0.2, -0.15) is 0 Å². The second kappa shape index (κ2) is 8.04. The maximum Gasteiger partial charge on any atom is 0.317 e. The SMILES string of the molecule is Nc1ncnc2c1C(=O)N(c1ccc(C3CCN(CC(=O)O)CC3)cc1)CCO2. The molecule has 1 amide bonds. The average Bonchev–Trinajstić information content (AvgIpc) is 2.88. The summed E-state index contributed by atoms with van der Waals surface area (Å²) < 4.78 is 5.57. The van der Waals surface area contributed by atoms with Crippen LogP contribution in [0.4, 0.5) is 11.5 Å². The molecular weight excluding hydrogens is 374 g/mol. The van der Waals surface area contributed by atoms with Crippen LogP contribution in [0, 0.1) is 0 Å². The number of benzene rings is 1. The molecule has 2 aliphatic heterocycles. The van der Waals surface area contributed by atoms with Gasteiger partial charge in [0, 0.05) is 5.69 Å². The Balaban J connectivity index is 1.48. The van der Waals surface area contributed by atoms with Crippen LogP contribution in [0.2, 0.25) is 0 Å². The highest BCUT2D eigenvalue weighted by Crippen LogP contribution is 2.31. The minimum Gasteiger partial charge on any atom is -0.480 e. The van der Waals surface area contributed by atoms with Gasteiger partial charge in [-0.3, -0.25) is 14.5 Å². The number of carbonyl (C=O) groups excluding carboxylic acids is 1. The molecule has 1 saturated heterocycles. The summed E-state index contributed by atoms with van der Waals surface area (Å²) in [7, 11) is 0. The molecule has 0 bridgehead atoms. The van der Waals surface area contributed by atoms with Crippen LogP contribution >= 0.6 is 0 Å². The lowest BCUT2D eigenvalue weighted by Crippen LogP contribution is -2.36. The van der Waals surface area contributed by atoms with E-state index in [-0.39, 0.29) is 29.7 Å². The van der Waals surface area contributed by atoms with Crippen LogP contribution in [0.15, 0.2) is 30.6 Å². The van der Waals surface area contributed by atoms with Crippen LogP contribution in [-0.4, -0.2) is 64.6 Å². The van der Waals surface area contributed by atoms with Crippen molar-refractivity contribution in [3.05, 3.63) is 41.7 Å². The zero-order valence-corrected chi connectivity index (χ0v) is 16.0. The van der Waals surface area contributed by atoms with E-state index in [0.29, 0.717) is 19.1 Å². The van der Waals surface area contributed by atoms with Gasteiger partial charge < -0.3 is 20.5 Å². The van der Waals surface area contributed by atoms with Gasteiger partial charge >= 0.3 is 5.97 Å². The molecule has 9 nitrogen and oxygen atoms in total. The summed E-state index contributed by atoms with van der Waals surface area (Å²) in [5.74, 6) is -0.342. The van der Waals surface area contributed by atoms with Gasteiger partial charge in [0.05, 0.1) is 13.1 Å². The molecule has 0 aliphatic carbocycles. The molecule has 0 atom stereocenters. The molecule has 1 aromatic carbocycles. The highest BCUT2D eigenvalue weighted by Gasteiger charge is 2.29. The molecule has 3 N–H and O–H groups in total. The molecule has 0 spiro atoms. The van der Waals surface area contributed by atoms with E-state index in [0.717, 1.165) is 31.6 Å². The van der Waals surface area contributed by atoms with Gasteiger partial charge in [0.1, 0.15) is 24.3 Å². The van der Waals surface area contributed by atoms with E-state index in [1.807, 2.05) is 29.2 Å². The maximum atomic E-state index is 13.0. The fourth-order valence-electron chi connectivity index (χ4n) is 3.95. The summed E-state index contributed by atoms with van der Waals surface area (Å²) in [5.41, 5.74) is 8.04. The zero-order valence-electron chi connectivity index (χ0n) is 16.0. The molecule has 9 heteroatoms. The number of likely N-dealkylation sites (tertiary alicyclic amines) is 1. The molecule has 3 heterocycles. The smallest absolute Gasteiger partial charge is 0.317 e. The second-order valence-electron chi connectivity index (χ2n) is 7.28. The summed E-state index contributed by atoms with van der Waals surface area (Å²) in [6, 6.07) is 7.94. The highest BCUT2D eigenvalue weighted by molar-refractivity contribution is 6.10. The molecule has 4 rings (SSSR count). The van der Waals surface area contributed by atoms with Gasteiger partial charge in [-0.25, -0.2) is 9.97 Å². The fourth-order valence-corrected chi connectivity index (χ4v) is 3.95. The quantitative estimate of drug-likeness (QED) is 0.793. The minimum atomic E-state index is -0.786. The number of carbonyl (C=O) groups is 2.